The maximum Gasteiger partial charge on any atom is 0.251 e. The molecule has 2 aromatic carbocycles. The minimum atomic E-state index is -0.122. The highest BCUT2D eigenvalue weighted by Crippen LogP contribution is 2.22. The van der Waals surface area contributed by atoms with Crippen molar-refractivity contribution >= 4 is 17.5 Å². The van der Waals surface area contributed by atoms with Gasteiger partial charge in [0.15, 0.2) is 0 Å². The van der Waals surface area contributed by atoms with E-state index < -0.39 is 0 Å². The average molecular weight is 384 g/mol. The SMILES string of the molecule is CCn1cc(CNC(=O)c2cccc(COc3ccc(Cl)cc3C)c2)cn1. The number of hydrogen-bond acceptors (Lipinski definition) is 3. The third-order valence-electron chi connectivity index (χ3n) is 4.18. The van der Waals surface area contributed by atoms with Crippen molar-refractivity contribution in [2.75, 3.05) is 0 Å². The molecular formula is C21H22ClN3O2. The van der Waals surface area contributed by atoms with Crippen LogP contribution < -0.4 is 10.1 Å². The minimum absolute atomic E-state index is 0.122. The molecular weight excluding hydrogens is 362 g/mol. The second-order valence-corrected chi connectivity index (χ2v) is 6.72. The molecule has 0 saturated heterocycles. The molecule has 0 spiro atoms. The molecule has 0 radical (unpaired) electrons. The van der Waals surface area contributed by atoms with E-state index >= 15 is 0 Å². The van der Waals surface area contributed by atoms with Crippen LogP contribution in [0.15, 0.2) is 54.9 Å². The zero-order valence-electron chi connectivity index (χ0n) is 15.4. The van der Waals surface area contributed by atoms with Crippen molar-refractivity contribution in [3.63, 3.8) is 0 Å². The number of halogens is 1. The molecule has 0 aliphatic rings. The van der Waals surface area contributed by atoms with Gasteiger partial charge in [-0.05, 0) is 55.3 Å². The largest absolute Gasteiger partial charge is 0.489 e. The second-order valence-electron chi connectivity index (χ2n) is 6.29. The van der Waals surface area contributed by atoms with Gasteiger partial charge in [-0.1, -0.05) is 23.7 Å². The highest BCUT2D eigenvalue weighted by Gasteiger charge is 2.08. The standard InChI is InChI=1S/C21H22ClN3O2/c1-3-25-13-17(12-24-25)11-23-21(26)18-6-4-5-16(10-18)14-27-20-8-7-19(22)9-15(20)2/h4-10,12-13H,3,11,14H2,1-2H3,(H,23,26). The van der Waals surface area contributed by atoms with Gasteiger partial charge in [-0.15, -0.1) is 0 Å². The number of aromatic nitrogens is 2. The summed E-state index contributed by atoms with van der Waals surface area (Å²) in [5.74, 6) is 0.658. The van der Waals surface area contributed by atoms with Gasteiger partial charge in [0, 0.05) is 35.4 Å². The Labute approximate surface area is 163 Å². The molecule has 1 aromatic heterocycles. The number of amides is 1. The van der Waals surface area contributed by atoms with Crippen LogP contribution in [0.4, 0.5) is 0 Å². The molecule has 0 aliphatic heterocycles. The molecule has 3 rings (SSSR count). The number of benzene rings is 2. The predicted molar refractivity (Wildman–Crippen MR) is 106 cm³/mol. The number of aryl methyl sites for hydroxylation is 2. The van der Waals surface area contributed by atoms with Crippen LogP contribution >= 0.6 is 11.6 Å². The molecule has 6 heteroatoms. The lowest BCUT2D eigenvalue weighted by Crippen LogP contribution is -2.22. The number of carbonyl (C=O) groups is 1. The van der Waals surface area contributed by atoms with Crippen LogP contribution in [0.1, 0.15) is 34.0 Å². The van der Waals surface area contributed by atoms with Crippen LogP contribution in [-0.4, -0.2) is 15.7 Å². The van der Waals surface area contributed by atoms with Gasteiger partial charge in [0.05, 0.1) is 6.20 Å². The summed E-state index contributed by atoms with van der Waals surface area (Å²) in [6, 6.07) is 12.9. The molecule has 1 N–H and O–H groups in total. The third-order valence-corrected chi connectivity index (χ3v) is 4.42. The molecule has 0 saturated carbocycles. The fourth-order valence-electron chi connectivity index (χ4n) is 2.69. The van der Waals surface area contributed by atoms with Crippen molar-refractivity contribution in [2.24, 2.45) is 0 Å². The van der Waals surface area contributed by atoms with Crippen LogP contribution in [0, 0.1) is 6.92 Å². The molecule has 27 heavy (non-hydrogen) atoms. The first-order valence-corrected chi connectivity index (χ1v) is 9.20. The second kappa shape index (κ2) is 8.73. The van der Waals surface area contributed by atoms with Gasteiger partial charge < -0.3 is 10.1 Å². The Bertz CT molecular complexity index is 937. The van der Waals surface area contributed by atoms with E-state index in [-0.39, 0.29) is 5.91 Å². The van der Waals surface area contributed by atoms with Gasteiger partial charge in [-0.25, -0.2) is 0 Å². The van der Waals surface area contributed by atoms with Crippen molar-refractivity contribution in [1.82, 2.24) is 15.1 Å². The first-order chi connectivity index (χ1) is 13.0. The zero-order valence-corrected chi connectivity index (χ0v) is 16.2. The number of nitrogens with zero attached hydrogens (tertiary/aromatic N) is 2. The van der Waals surface area contributed by atoms with Crippen molar-refractivity contribution < 1.29 is 9.53 Å². The summed E-state index contributed by atoms with van der Waals surface area (Å²) < 4.78 is 7.69. The number of ether oxygens (including phenoxy) is 1. The Morgan fingerprint density at radius 2 is 2.07 bits per heavy atom. The van der Waals surface area contributed by atoms with Gasteiger partial charge in [0.1, 0.15) is 12.4 Å². The van der Waals surface area contributed by atoms with E-state index in [0.29, 0.717) is 23.7 Å². The Kier molecular flexibility index (Phi) is 6.14. The van der Waals surface area contributed by atoms with Crippen molar-refractivity contribution in [1.29, 1.82) is 0 Å². The number of hydrogen-bond donors (Lipinski definition) is 1. The Morgan fingerprint density at radius 3 is 2.81 bits per heavy atom. The predicted octanol–water partition coefficient (Wildman–Crippen LogP) is 4.37. The van der Waals surface area contributed by atoms with Gasteiger partial charge >= 0.3 is 0 Å². The van der Waals surface area contributed by atoms with Crippen LogP contribution in [0.5, 0.6) is 5.75 Å². The smallest absolute Gasteiger partial charge is 0.251 e. The van der Waals surface area contributed by atoms with Crippen molar-refractivity contribution in [3.8, 4) is 5.75 Å². The third kappa shape index (κ3) is 5.11. The number of nitrogens with one attached hydrogen (secondary N) is 1. The normalized spacial score (nSPS) is 10.6. The summed E-state index contributed by atoms with van der Waals surface area (Å²) >= 11 is 5.97. The van der Waals surface area contributed by atoms with E-state index in [1.807, 2.05) is 55.1 Å². The van der Waals surface area contributed by atoms with E-state index in [9.17, 15) is 4.79 Å². The van der Waals surface area contributed by atoms with E-state index in [1.54, 1.807) is 18.3 Å². The first kappa shape index (κ1) is 19.0. The Hall–Kier alpha value is -2.79. The lowest BCUT2D eigenvalue weighted by molar-refractivity contribution is 0.0950. The van der Waals surface area contributed by atoms with Gasteiger partial charge in [-0.3, -0.25) is 9.48 Å². The van der Waals surface area contributed by atoms with Gasteiger partial charge in [0.2, 0.25) is 0 Å². The average Bonchev–Trinajstić information content (AvgIpc) is 3.14. The van der Waals surface area contributed by atoms with Crippen LogP contribution in [0.3, 0.4) is 0 Å². The summed E-state index contributed by atoms with van der Waals surface area (Å²) in [6.07, 6.45) is 3.70. The summed E-state index contributed by atoms with van der Waals surface area (Å²) in [7, 11) is 0. The number of carbonyl (C=O) groups excluding carboxylic acids is 1. The summed E-state index contributed by atoms with van der Waals surface area (Å²) in [5.41, 5.74) is 3.48. The fraction of sp³-hybridized carbons (Fsp3) is 0.238. The van der Waals surface area contributed by atoms with Gasteiger partial charge in [-0.2, -0.15) is 5.10 Å². The molecule has 0 fully saturated rings. The van der Waals surface area contributed by atoms with E-state index in [1.165, 1.54) is 0 Å². The molecule has 140 valence electrons. The monoisotopic (exact) mass is 383 g/mol. The van der Waals surface area contributed by atoms with E-state index in [2.05, 4.69) is 10.4 Å². The highest BCUT2D eigenvalue weighted by molar-refractivity contribution is 6.30. The Morgan fingerprint density at radius 1 is 1.22 bits per heavy atom. The molecule has 1 heterocycles. The van der Waals surface area contributed by atoms with E-state index in [0.717, 1.165) is 29.0 Å². The topological polar surface area (TPSA) is 56.2 Å². The fourth-order valence-corrected chi connectivity index (χ4v) is 2.92. The summed E-state index contributed by atoms with van der Waals surface area (Å²) in [6.45, 7) is 5.61. The lowest BCUT2D eigenvalue weighted by atomic mass is 10.1. The van der Waals surface area contributed by atoms with Crippen LogP contribution in [-0.2, 0) is 19.7 Å². The lowest BCUT2D eigenvalue weighted by Gasteiger charge is -2.10. The molecule has 1 amide bonds. The maximum absolute atomic E-state index is 12.4. The van der Waals surface area contributed by atoms with Crippen LogP contribution in [0.2, 0.25) is 5.02 Å². The van der Waals surface area contributed by atoms with E-state index in [4.69, 9.17) is 16.3 Å². The van der Waals surface area contributed by atoms with Crippen LogP contribution in [0.25, 0.3) is 0 Å². The molecule has 0 bridgehead atoms. The summed E-state index contributed by atoms with van der Waals surface area (Å²) in [5, 5.41) is 7.81. The molecule has 0 atom stereocenters. The zero-order chi connectivity index (χ0) is 19.2. The molecule has 0 unspecified atom stereocenters. The molecule has 0 aliphatic carbocycles. The number of rotatable bonds is 7. The minimum Gasteiger partial charge on any atom is -0.489 e. The van der Waals surface area contributed by atoms with Crippen molar-refractivity contribution in [2.45, 2.75) is 33.5 Å². The maximum atomic E-state index is 12.4. The Balaban J connectivity index is 1.59. The summed E-state index contributed by atoms with van der Waals surface area (Å²) in [4.78, 5) is 12.4. The van der Waals surface area contributed by atoms with Crippen molar-refractivity contribution in [3.05, 3.63) is 82.1 Å². The first-order valence-electron chi connectivity index (χ1n) is 8.82. The molecule has 3 aromatic rings. The highest BCUT2D eigenvalue weighted by atomic mass is 35.5. The molecule has 5 nitrogen and oxygen atoms in total. The van der Waals surface area contributed by atoms with Gasteiger partial charge in [0.25, 0.3) is 5.91 Å². The quantitative estimate of drug-likeness (QED) is 0.659.